The lowest BCUT2D eigenvalue weighted by molar-refractivity contribution is -0.137. The molecule has 1 fully saturated rings. The summed E-state index contributed by atoms with van der Waals surface area (Å²) in [5.74, 6) is 0.431. The lowest BCUT2D eigenvalue weighted by Crippen LogP contribution is -2.33. The minimum Gasteiger partial charge on any atom is -0.316 e. The molecule has 23 heavy (non-hydrogen) atoms. The lowest BCUT2D eigenvalue weighted by Gasteiger charge is -2.22. The number of alkyl halides is 3. The first-order valence-corrected chi connectivity index (χ1v) is 9.07. The van der Waals surface area contributed by atoms with E-state index in [2.05, 4.69) is 10.0 Å². The summed E-state index contributed by atoms with van der Waals surface area (Å²) < 4.78 is 64.9. The number of hydrogen-bond acceptors (Lipinski definition) is 3. The maximum Gasteiger partial charge on any atom is 0.416 e. The highest BCUT2D eigenvalue weighted by atomic mass is 32.2. The van der Waals surface area contributed by atoms with Crippen LogP contribution in [0.5, 0.6) is 0 Å². The van der Waals surface area contributed by atoms with Crippen LogP contribution in [-0.2, 0) is 16.2 Å². The molecule has 1 aliphatic rings. The molecule has 0 aliphatic carbocycles. The highest BCUT2D eigenvalue weighted by molar-refractivity contribution is 7.89. The summed E-state index contributed by atoms with van der Waals surface area (Å²) in [6, 6.07) is 2.68. The maximum atomic E-state index is 12.6. The summed E-state index contributed by atoms with van der Waals surface area (Å²) >= 11 is 0. The Balaban J connectivity index is 2.01. The monoisotopic (exact) mass is 350 g/mol. The summed E-state index contributed by atoms with van der Waals surface area (Å²) in [5.41, 5.74) is -0.756. The van der Waals surface area contributed by atoms with Gasteiger partial charge in [0, 0.05) is 6.54 Å². The second kappa shape index (κ2) is 7.19. The molecule has 0 saturated carbocycles. The Kier molecular flexibility index (Phi) is 5.70. The van der Waals surface area contributed by atoms with Crippen molar-refractivity contribution in [2.45, 2.75) is 37.3 Å². The molecule has 0 bridgehead atoms. The van der Waals surface area contributed by atoms with Crippen LogP contribution in [0.3, 0.4) is 0 Å². The van der Waals surface area contributed by atoms with Crippen molar-refractivity contribution in [3.63, 3.8) is 0 Å². The van der Waals surface area contributed by atoms with Crippen LogP contribution < -0.4 is 10.0 Å². The van der Waals surface area contributed by atoms with Gasteiger partial charge in [0.25, 0.3) is 0 Å². The first-order valence-electron chi connectivity index (χ1n) is 7.58. The first kappa shape index (κ1) is 18.2. The first-order chi connectivity index (χ1) is 10.7. The maximum absolute atomic E-state index is 12.6. The molecular weight excluding hydrogens is 329 g/mol. The summed E-state index contributed by atoms with van der Waals surface area (Å²) in [4.78, 5) is -0.104. The Labute approximate surface area is 134 Å². The Hall–Kier alpha value is -1.12. The fourth-order valence-corrected chi connectivity index (χ4v) is 4.04. The van der Waals surface area contributed by atoms with Crippen molar-refractivity contribution in [3.05, 3.63) is 29.3 Å². The van der Waals surface area contributed by atoms with Gasteiger partial charge in [-0.2, -0.15) is 13.2 Å². The van der Waals surface area contributed by atoms with Crippen LogP contribution in [-0.4, -0.2) is 28.1 Å². The zero-order valence-electron chi connectivity index (χ0n) is 12.9. The van der Waals surface area contributed by atoms with Gasteiger partial charge in [0.15, 0.2) is 0 Å². The van der Waals surface area contributed by atoms with Crippen LogP contribution in [0, 0.1) is 12.8 Å². The van der Waals surface area contributed by atoms with Gasteiger partial charge in [-0.15, -0.1) is 0 Å². The van der Waals surface area contributed by atoms with Gasteiger partial charge in [-0.25, -0.2) is 13.1 Å². The van der Waals surface area contributed by atoms with Gasteiger partial charge < -0.3 is 5.32 Å². The Morgan fingerprint density at radius 1 is 1.35 bits per heavy atom. The van der Waals surface area contributed by atoms with E-state index in [-0.39, 0.29) is 17.0 Å². The summed E-state index contributed by atoms with van der Waals surface area (Å²) in [6.07, 6.45) is -1.62. The van der Waals surface area contributed by atoms with Crippen molar-refractivity contribution in [2.75, 3.05) is 19.6 Å². The molecule has 2 N–H and O–H groups in total. The second-order valence-corrected chi connectivity index (χ2v) is 7.61. The zero-order valence-corrected chi connectivity index (χ0v) is 13.7. The molecule has 1 saturated heterocycles. The summed E-state index contributed by atoms with van der Waals surface area (Å²) in [6.45, 7) is 3.53. The van der Waals surface area contributed by atoms with Crippen LogP contribution in [0.4, 0.5) is 13.2 Å². The van der Waals surface area contributed by atoms with E-state index in [0.717, 1.165) is 44.1 Å². The van der Waals surface area contributed by atoms with Crippen LogP contribution >= 0.6 is 0 Å². The third-order valence-corrected chi connectivity index (χ3v) is 5.66. The van der Waals surface area contributed by atoms with E-state index in [4.69, 9.17) is 0 Å². The number of sulfonamides is 1. The van der Waals surface area contributed by atoms with E-state index in [1.54, 1.807) is 0 Å². The van der Waals surface area contributed by atoms with E-state index in [9.17, 15) is 21.6 Å². The molecule has 0 radical (unpaired) electrons. The van der Waals surface area contributed by atoms with E-state index < -0.39 is 21.8 Å². The smallest absolute Gasteiger partial charge is 0.316 e. The molecule has 1 heterocycles. The van der Waals surface area contributed by atoms with Crippen molar-refractivity contribution < 1.29 is 21.6 Å². The molecule has 1 aromatic carbocycles. The highest BCUT2D eigenvalue weighted by Crippen LogP contribution is 2.31. The molecule has 8 heteroatoms. The average Bonchev–Trinajstić information content (AvgIpc) is 2.47. The minimum atomic E-state index is -4.48. The van der Waals surface area contributed by atoms with Gasteiger partial charge in [-0.3, -0.25) is 0 Å². The van der Waals surface area contributed by atoms with E-state index in [1.807, 2.05) is 0 Å². The van der Waals surface area contributed by atoms with Gasteiger partial charge in [0.1, 0.15) is 0 Å². The number of hydrogen-bond donors (Lipinski definition) is 2. The molecule has 2 rings (SSSR count). The van der Waals surface area contributed by atoms with Crippen molar-refractivity contribution in [1.29, 1.82) is 0 Å². The molecule has 130 valence electrons. The van der Waals surface area contributed by atoms with Gasteiger partial charge in [0.05, 0.1) is 10.5 Å². The van der Waals surface area contributed by atoms with Gasteiger partial charge >= 0.3 is 6.18 Å². The van der Waals surface area contributed by atoms with Crippen LogP contribution in [0.1, 0.15) is 30.4 Å². The standard InChI is InChI=1S/C15H21F3N2O2S/c1-11-9-13(15(16,17)18)4-5-14(11)23(21,22)20-8-6-12-3-2-7-19-10-12/h4-5,9,12,19-20H,2-3,6-8,10H2,1H3. The van der Waals surface area contributed by atoms with Gasteiger partial charge in [-0.1, -0.05) is 0 Å². The quantitative estimate of drug-likeness (QED) is 0.858. The van der Waals surface area contributed by atoms with Crippen molar-refractivity contribution in [2.24, 2.45) is 5.92 Å². The predicted molar refractivity (Wildman–Crippen MR) is 81.6 cm³/mol. The average molecular weight is 350 g/mol. The van der Waals surface area contributed by atoms with E-state index in [0.29, 0.717) is 12.3 Å². The zero-order chi connectivity index (χ0) is 17.1. The van der Waals surface area contributed by atoms with Crippen LogP contribution in [0.15, 0.2) is 23.1 Å². The lowest BCUT2D eigenvalue weighted by atomic mass is 9.96. The van der Waals surface area contributed by atoms with Crippen molar-refractivity contribution >= 4 is 10.0 Å². The van der Waals surface area contributed by atoms with Gasteiger partial charge in [0.2, 0.25) is 10.0 Å². The molecule has 1 unspecified atom stereocenters. The van der Waals surface area contributed by atoms with Crippen molar-refractivity contribution in [3.8, 4) is 0 Å². The molecule has 1 atom stereocenters. The molecule has 0 amide bonds. The minimum absolute atomic E-state index is 0.0895. The molecule has 0 spiro atoms. The van der Waals surface area contributed by atoms with Crippen molar-refractivity contribution in [1.82, 2.24) is 10.0 Å². The third-order valence-electron chi connectivity index (χ3n) is 4.04. The molecular formula is C15H21F3N2O2S. The highest BCUT2D eigenvalue weighted by Gasteiger charge is 2.31. The molecule has 1 aliphatic heterocycles. The number of aryl methyl sites for hydroxylation is 1. The van der Waals surface area contributed by atoms with E-state index in [1.165, 1.54) is 6.92 Å². The summed E-state index contributed by atoms with van der Waals surface area (Å²) in [7, 11) is -3.79. The van der Waals surface area contributed by atoms with Crippen LogP contribution in [0.2, 0.25) is 0 Å². The SMILES string of the molecule is Cc1cc(C(F)(F)F)ccc1S(=O)(=O)NCCC1CCCNC1. The fourth-order valence-electron chi connectivity index (χ4n) is 2.77. The largest absolute Gasteiger partial charge is 0.416 e. The normalized spacial score (nSPS) is 19.7. The Morgan fingerprint density at radius 3 is 2.65 bits per heavy atom. The number of nitrogens with one attached hydrogen (secondary N) is 2. The third kappa shape index (κ3) is 4.92. The van der Waals surface area contributed by atoms with E-state index >= 15 is 0 Å². The topological polar surface area (TPSA) is 58.2 Å². The number of piperidine rings is 1. The Morgan fingerprint density at radius 2 is 2.09 bits per heavy atom. The number of benzene rings is 1. The van der Waals surface area contributed by atoms with Gasteiger partial charge in [-0.05, 0) is 69.0 Å². The number of halogens is 3. The van der Waals surface area contributed by atoms with Crippen LogP contribution in [0.25, 0.3) is 0 Å². The number of rotatable bonds is 5. The molecule has 0 aromatic heterocycles. The molecule has 4 nitrogen and oxygen atoms in total. The molecule has 1 aromatic rings. The Bertz CT molecular complexity index is 639. The second-order valence-electron chi connectivity index (χ2n) is 5.88. The fraction of sp³-hybridized carbons (Fsp3) is 0.600. The summed E-state index contributed by atoms with van der Waals surface area (Å²) in [5, 5.41) is 3.26. The predicted octanol–water partition coefficient (Wildman–Crippen LogP) is 2.68.